The van der Waals surface area contributed by atoms with Gasteiger partial charge in [-0.2, -0.15) is 0 Å². The Bertz CT molecular complexity index is 4670. The van der Waals surface area contributed by atoms with E-state index in [9.17, 15) is 9.90 Å². The summed E-state index contributed by atoms with van der Waals surface area (Å²) in [5.41, 5.74) is 25.4. The van der Waals surface area contributed by atoms with Crippen molar-refractivity contribution in [1.29, 1.82) is 0 Å². The minimum absolute atomic E-state index is 0. The van der Waals surface area contributed by atoms with Crippen molar-refractivity contribution in [3.63, 3.8) is 0 Å². The molecule has 87 heavy (non-hydrogen) atoms. The summed E-state index contributed by atoms with van der Waals surface area (Å²) >= 11 is 0. The summed E-state index contributed by atoms with van der Waals surface area (Å²) in [5, 5.41) is 15.0. The van der Waals surface area contributed by atoms with E-state index in [1.165, 1.54) is 127 Å². The van der Waals surface area contributed by atoms with Gasteiger partial charge < -0.3 is 27.2 Å². The third kappa shape index (κ3) is 8.67. The van der Waals surface area contributed by atoms with E-state index in [0.29, 0.717) is 11.7 Å². The predicted molar refractivity (Wildman–Crippen MR) is 349 cm³/mol. The molecule has 1 fully saturated rings. The fourth-order valence-electron chi connectivity index (χ4n) is 14.8. The van der Waals surface area contributed by atoms with E-state index >= 15 is 0 Å². The van der Waals surface area contributed by atoms with Gasteiger partial charge in [-0.1, -0.05) is 224 Å². The highest BCUT2D eigenvalue weighted by atomic mass is 35.5. The summed E-state index contributed by atoms with van der Waals surface area (Å²) in [6.07, 6.45) is 5.56. The van der Waals surface area contributed by atoms with E-state index in [1.54, 1.807) is 12.0 Å². The lowest BCUT2D eigenvalue weighted by molar-refractivity contribution is -0.377. The molecule has 1 amide bonds. The fraction of sp³-hybridized carbons (Fsp3) is 0.0864. The minimum atomic E-state index is -0.418. The van der Waals surface area contributed by atoms with Crippen LogP contribution in [-0.4, -0.2) is 36.6 Å². The number of hydrogen-bond donors (Lipinski definition) is 1. The standard InChI is InChI=1S/C36H24O.C35H22O.C5H9NO.C5H5N.ClH/c1-37-26-17-20-27-25(21-26)16-19-31-30-18-15-24(23-9-3-2-4-10-23)22-34(30)36(35(27)31)32-13-7-5-11-28(32)29-12-6-8-14-33(29)36;36-25-16-19-26-24(20-25)15-18-30-29-17-14-23(22-8-2-1-3-9-22)21-33(29)35(34(26)30)31-12-6-4-10-27(31)28-11-5-7-13-32(28)35;1-6-4-2-3-5(6)7;1-2-4-6-5-3-1;/h2-22H,1H3;1-21,36H;2-4H2,1H3;1-5H;1H. The number of hydrogen-bond acceptors (Lipinski definition) is 3. The Balaban J connectivity index is 0.000000126. The number of phenols is 1. The largest absolute Gasteiger partial charge is 1.00 e. The molecule has 12 aromatic carbocycles. The van der Waals surface area contributed by atoms with Gasteiger partial charge in [0.25, 0.3) is 0 Å². The number of fused-ring (bicyclic) bond motifs is 24. The van der Waals surface area contributed by atoms with Crippen LogP contribution in [0.15, 0.2) is 285 Å². The second kappa shape index (κ2) is 22.3. The molecular weight excluding hydrogens is 1080 g/mol. The third-order valence-electron chi connectivity index (χ3n) is 18.4. The van der Waals surface area contributed by atoms with Crippen molar-refractivity contribution >= 4 is 27.5 Å². The van der Waals surface area contributed by atoms with Gasteiger partial charge in [-0.15, -0.1) is 0 Å². The second-order valence-corrected chi connectivity index (χ2v) is 22.9. The molecule has 1 saturated heterocycles. The van der Waals surface area contributed by atoms with Gasteiger partial charge in [-0.25, -0.2) is 4.98 Å². The molecule has 13 aromatic rings. The summed E-state index contributed by atoms with van der Waals surface area (Å²) in [5.74, 6) is 1.47. The average Bonchev–Trinajstić information content (AvgIpc) is 1.52. The van der Waals surface area contributed by atoms with E-state index in [0.717, 1.165) is 30.5 Å². The molecule has 0 atom stereocenters. The molecule has 6 heteroatoms. The van der Waals surface area contributed by atoms with Crippen LogP contribution in [0.2, 0.25) is 0 Å². The molecule has 18 rings (SSSR count). The van der Waals surface area contributed by atoms with Crippen LogP contribution in [0.4, 0.5) is 0 Å². The lowest BCUT2D eigenvalue weighted by atomic mass is 9.69. The van der Waals surface area contributed by atoms with Crippen LogP contribution in [0, 0.1) is 0 Å². The number of aromatic hydroxyl groups is 1. The number of aromatic amines is 1. The monoisotopic (exact) mass is 1140 g/mol. The van der Waals surface area contributed by atoms with Gasteiger partial charge in [0, 0.05) is 32.1 Å². The maximum atomic E-state index is 10.5. The zero-order valence-corrected chi connectivity index (χ0v) is 49.1. The number of nitrogens with zero attached hydrogens (tertiary/aromatic N) is 1. The topological polar surface area (TPSA) is 63.9 Å². The number of carbonyl (C=O) groups is 1. The highest BCUT2D eigenvalue weighted by Crippen LogP contribution is 2.66. The summed E-state index contributed by atoms with van der Waals surface area (Å²) in [6.45, 7) is 0.957. The Hall–Kier alpha value is -10.3. The lowest BCUT2D eigenvalue weighted by Gasteiger charge is -2.31. The number of H-pyrrole nitrogens is 1. The van der Waals surface area contributed by atoms with Crippen LogP contribution in [0.1, 0.15) is 57.3 Å². The highest BCUT2D eigenvalue weighted by Gasteiger charge is 2.54. The highest BCUT2D eigenvalue weighted by molar-refractivity contribution is 6.06. The second-order valence-electron chi connectivity index (χ2n) is 22.9. The van der Waals surface area contributed by atoms with Crippen LogP contribution >= 0.6 is 0 Å². The van der Waals surface area contributed by atoms with Crippen molar-refractivity contribution in [2.24, 2.45) is 0 Å². The fourth-order valence-corrected chi connectivity index (χ4v) is 14.8. The Morgan fingerprint density at radius 3 is 1.20 bits per heavy atom. The zero-order valence-electron chi connectivity index (χ0n) is 48.3. The third-order valence-corrected chi connectivity index (χ3v) is 18.4. The Morgan fingerprint density at radius 1 is 0.402 bits per heavy atom. The minimum Gasteiger partial charge on any atom is -1.00 e. The maximum absolute atomic E-state index is 10.5. The molecule has 0 bridgehead atoms. The molecule has 0 unspecified atom stereocenters. The van der Waals surface area contributed by atoms with E-state index in [4.69, 9.17) is 4.74 Å². The number of halogens is 1. The van der Waals surface area contributed by atoms with Crippen molar-refractivity contribution in [2.75, 3.05) is 20.7 Å². The van der Waals surface area contributed by atoms with Crippen molar-refractivity contribution in [2.45, 2.75) is 23.7 Å². The number of benzene rings is 12. The van der Waals surface area contributed by atoms with E-state index in [-0.39, 0.29) is 17.8 Å². The molecular formula is C81H61ClN2O3. The first kappa shape index (κ1) is 54.6. The quantitative estimate of drug-likeness (QED) is 0.192. The smallest absolute Gasteiger partial charge is 0.222 e. The molecule has 5 nitrogen and oxygen atoms in total. The van der Waals surface area contributed by atoms with Gasteiger partial charge in [0.2, 0.25) is 5.91 Å². The predicted octanol–water partition coefficient (Wildman–Crippen LogP) is 15.2. The van der Waals surface area contributed by atoms with E-state index < -0.39 is 5.41 Å². The van der Waals surface area contributed by atoms with Crippen LogP contribution in [0.25, 0.3) is 88.3 Å². The first-order valence-corrected chi connectivity index (χ1v) is 29.7. The Labute approximate surface area is 513 Å². The molecule has 1 aromatic heterocycles. The summed E-state index contributed by atoms with van der Waals surface area (Å²) in [6, 6.07) is 98.3. The van der Waals surface area contributed by atoms with Crippen molar-refractivity contribution in [1.82, 2.24) is 4.90 Å². The Morgan fingerprint density at radius 2 is 0.805 bits per heavy atom. The number of pyridine rings is 1. The summed E-state index contributed by atoms with van der Waals surface area (Å²) in [7, 11) is 3.58. The number of ether oxygens (including phenoxy) is 1. The molecule has 2 heterocycles. The molecule has 5 aliphatic rings. The number of methoxy groups -OCH3 is 1. The SMILES string of the molecule is CN1CCCC1=O.COc1ccc2c3c(ccc2c1)-c1ccc(-c2ccccc2)cc1C31c2ccccc2-c2ccccc21.Oc1ccc2c3c(ccc2c1)-c1ccc(-c2ccccc2)cc1C31c2ccccc2-c2ccccc21.[Cl-].c1cc[nH+]cc1. The molecule has 420 valence electrons. The molecule has 2 spiro atoms. The number of likely N-dealkylation sites (tertiary alicyclic amines) is 1. The average molecular weight is 1150 g/mol. The number of phenolic OH excluding ortho intramolecular Hbond substituents is 1. The number of nitrogens with one attached hydrogen (secondary N) is 1. The molecule has 1 aliphatic heterocycles. The van der Waals surface area contributed by atoms with E-state index in [1.807, 2.05) is 49.8 Å². The van der Waals surface area contributed by atoms with Gasteiger partial charge >= 0.3 is 0 Å². The molecule has 4 aliphatic carbocycles. The van der Waals surface area contributed by atoms with Gasteiger partial charge in [0.05, 0.1) is 17.9 Å². The number of amides is 1. The van der Waals surface area contributed by atoms with E-state index in [2.05, 4.69) is 248 Å². The Kier molecular flexibility index (Phi) is 14.0. The molecule has 2 N–H and O–H groups in total. The normalized spacial score (nSPS) is 13.9. The van der Waals surface area contributed by atoms with Gasteiger partial charge in [-0.3, -0.25) is 4.79 Å². The van der Waals surface area contributed by atoms with Gasteiger partial charge in [-0.05, 0) is 176 Å². The van der Waals surface area contributed by atoms with Crippen molar-refractivity contribution in [3.8, 4) is 78.3 Å². The number of rotatable bonds is 3. The van der Waals surface area contributed by atoms with Crippen molar-refractivity contribution in [3.05, 3.63) is 330 Å². The summed E-state index contributed by atoms with van der Waals surface area (Å²) < 4.78 is 5.60. The molecule has 0 radical (unpaired) electrons. The number of aromatic nitrogens is 1. The van der Waals surface area contributed by atoms with Crippen LogP contribution in [0.3, 0.4) is 0 Å². The van der Waals surface area contributed by atoms with Crippen LogP contribution < -0.4 is 22.1 Å². The van der Waals surface area contributed by atoms with Gasteiger partial charge in [0.1, 0.15) is 11.5 Å². The first-order chi connectivity index (χ1) is 42.4. The lowest BCUT2D eigenvalue weighted by Crippen LogP contribution is -3.00. The summed E-state index contributed by atoms with van der Waals surface area (Å²) in [4.78, 5) is 15.2. The van der Waals surface area contributed by atoms with Crippen LogP contribution in [-0.2, 0) is 15.6 Å². The van der Waals surface area contributed by atoms with Gasteiger partial charge in [0.15, 0.2) is 12.4 Å². The molecule has 0 saturated carbocycles. The van der Waals surface area contributed by atoms with Crippen LogP contribution in [0.5, 0.6) is 11.5 Å². The number of carbonyl (C=O) groups excluding carboxylic acids is 1. The maximum Gasteiger partial charge on any atom is 0.222 e. The first-order valence-electron chi connectivity index (χ1n) is 29.7. The van der Waals surface area contributed by atoms with Crippen molar-refractivity contribution < 1.29 is 32.0 Å². The zero-order chi connectivity index (χ0) is 57.9.